The summed E-state index contributed by atoms with van der Waals surface area (Å²) in [6.45, 7) is 4.28. The van der Waals surface area contributed by atoms with Gasteiger partial charge in [-0.15, -0.1) is 0 Å². The van der Waals surface area contributed by atoms with Gasteiger partial charge in [0.1, 0.15) is 5.82 Å². The monoisotopic (exact) mass is 317 g/mol. The molecule has 1 atom stereocenters. The molecule has 3 nitrogen and oxygen atoms in total. The molecule has 0 bridgehead atoms. The van der Waals surface area contributed by atoms with E-state index in [1.54, 1.807) is 13.2 Å². The SMILES string of the molecule is COCC(C)CC(=O)Nc1cc(F)c(Br)cc1C. The number of amides is 1. The van der Waals surface area contributed by atoms with E-state index in [1.807, 2.05) is 13.8 Å². The first-order chi connectivity index (χ1) is 8.43. The Bertz CT molecular complexity index is 437. The van der Waals surface area contributed by atoms with E-state index in [0.717, 1.165) is 5.56 Å². The third kappa shape index (κ3) is 4.38. The molecule has 0 heterocycles. The first-order valence-corrected chi connectivity index (χ1v) is 6.47. The number of ether oxygens (including phenoxy) is 1. The van der Waals surface area contributed by atoms with E-state index >= 15 is 0 Å². The van der Waals surface area contributed by atoms with E-state index in [0.29, 0.717) is 23.2 Å². The van der Waals surface area contributed by atoms with E-state index in [9.17, 15) is 9.18 Å². The molecule has 0 aromatic heterocycles. The van der Waals surface area contributed by atoms with Crippen molar-refractivity contribution in [2.24, 2.45) is 5.92 Å². The molecule has 1 aromatic rings. The van der Waals surface area contributed by atoms with Crippen molar-refractivity contribution in [3.8, 4) is 0 Å². The van der Waals surface area contributed by atoms with Crippen molar-refractivity contribution >= 4 is 27.5 Å². The molecule has 0 aliphatic heterocycles. The van der Waals surface area contributed by atoms with E-state index in [2.05, 4.69) is 21.2 Å². The van der Waals surface area contributed by atoms with Crippen molar-refractivity contribution in [1.82, 2.24) is 0 Å². The summed E-state index contributed by atoms with van der Waals surface area (Å²) < 4.78 is 18.7. The van der Waals surface area contributed by atoms with Crippen LogP contribution in [0.2, 0.25) is 0 Å². The fraction of sp³-hybridized carbons (Fsp3) is 0.462. The molecule has 0 saturated carbocycles. The zero-order chi connectivity index (χ0) is 13.7. The van der Waals surface area contributed by atoms with E-state index in [1.165, 1.54) is 6.07 Å². The Kier molecular flexibility index (Phi) is 5.75. The molecule has 0 spiro atoms. The van der Waals surface area contributed by atoms with Crippen molar-refractivity contribution in [3.63, 3.8) is 0 Å². The number of benzene rings is 1. The fourth-order valence-corrected chi connectivity index (χ4v) is 2.10. The van der Waals surface area contributed by atoms with Gasteiger partial charge >= 0.3 is 0 Å². The van der Waals surface area contributed by atoms with E-state index in [4.69, 9.17) is 4.74 Å². The minimum absolute atomic E-state index is 0.135. The Labute approximate surface area is 115 Å². The lowest BCUT2D eigenvalue weighted by atomic mass is 10.1. The minimum atomic E-state index is -0.388. The van der Waals surface area contributed by atoms with Gasteiger partial charge < -0.3 is 10.1 Å². The van der Waals surface area contributed by atoms with Crippen LogP contribution >= 0.6 is 15.9 Å². The maximum absolute atomic E-state index is 13.4. The second-order valence-corrected chi connectivity index (χ2v) is 5.25. The molecule has 0 saturated heterocycles. The second kappa shape index (κ2) is 6.85. The number of nitrogens with one attached hydrogen (secondary N) is 1. The van der Waals surface area contributed by atoms with E-state index < -0.39 is 0 Å². The maximum Gasteiger partial charge on any atom is 0.224 e. The van der Waals surface area contributed by atoms with Crippen LogP contribution < -0.4 is 5.32 Å². The van der Waals surface area contributed by atoms with Gasteiger partial charge in [-0.05, 0) is 46.5 Å². The Morgan fingerprint density at radius 3 is 2.83 bits per heavy atom. The van der Waals surface area contributed by atoms with Gasteiger partial charge in [-0.2, -0.15) is 0 Å². The average molecular weight is 318 g/mol. The molecule has 1 N–H and O–H groups in total. The predicted octanol–water partition coefficient (Wildman–Crippen LogP) is 3.51. The predicted molar refractivity (Wildman–Crippen MR) is 73.1 cm³/mol. The van der Waals surface area contributed by atoms with Crippen LogP contribution in [-0.2, 0) is 9.53 Å². The van der Waals surface area contributed by atoms with Crippen molar-refractivity contribution in [2.75, 3.05) is 19.0 Å². The number of halogens is 2. The number of anilines is 1. The molecule has 1 unspecified atom stereocenters. The molecule has 0 fully saturated rings. The van der Waals surface area contributed by atoms with Crippen molar-refractivity contribution in [2.45, 2.75) is 20.3 Å². The van der Waals surface area contributed by atoms with Crippen LogP contribution in [0.4, 0.5) is 10.1 Å². The van der Waals surface area contributed by atoms with Gasteiger partial charge in [0.2, 0.25) is 5.91 Å². The summed E-state index contributed by atoms with van der Waals surface area (Å²) in [5.41, 5.74) is 1.32. The summed E-state index contributed by atoms with van der Waals surface area (Å²) in [6.07, 6.45) is 0.352. The van der Waals surface area contributed by atoms with E-state index in [-0.39, 0.29) is 17.6 Å². The zero-order valence-electron chi connectivity index (χ0n) is 10.7. The lowest BCUT2D eigenvalue weighted by Crippen LogP contribution is -2.18. The van der Waals surface area contributed by atoms with Crippen LogP contribution in [0.15, 0.2) is 16.6 Å². The van der Waals surface area contributed by atoms with Crippen LogP contribution in [0, 0.1) is 18.7 Å². The quantitative estimate of drug-likeness (QED) is 0.902. The highest BCUT2D eigenvalue weighted by Gasteiger charge is 2.12. The highest BCUT2D eigenvalue weighted by Crippen LogP contribution is 2.24. The fourth-order valence-electron chi connectivity index (χ4n) is 1.64. The summed E-state index contributed by atoms with van der Waals surface area (Å²) in [6, 6.07) is 2.96. The van der Waals surface area contributed by atoms with Crippen LogP contribution in [0.1, 0.15) is 18.9 Å². The molecule has 0 radical (unpaired) electrons. The summed E-state index contributed by atoms with van der Waals surface area (Å²) in [4.78, 5) is 11.7. The molecule has 1 rings (SSSR count). The number of carbonyl (C=O) groups is 1. The first-order valence-electron chi connectivity index (χ1n) is 5.68. The molecule has 1 amide bonds. The van der Waals surface area contributed by atoms with Gasteiger partial charge in [0.15, 0.2) is 0 Å². The highest BCUT2D eigenvalue weighted by molar-refractivity contribution is 9.10. The Hall–Kier alpha value is -0.940. The third-order valence-corrected chi connectivity index (χ3v) is 3.13. The number of carbonyl (C=O) groups excluding carboxylic acids is 1. The van der Waals surface area contributed by atoms with Gasteiger partial charge in [-0.1, -0.05) is 6.92 Å². The summed E-state index contributed by atoms with van der Waals surface area (Å²) in [5.74, 6) is -0.388. The first kappa shape index (κ1) is 15.1. The van der Waals surface area contributed by atoms with Crippen LogP contribution in [0.25, 0.3) is 0 Å². The molecule has 0 aliphatic rings. The Morgan fingerprint density at radius 1 is 1.56 bits per heavy atom. The number of rotatable bonds is 5. The number of aryl methyl sites for hydroxylation is 1. The molecule has 0 aliphatic carbocycles. The standard InChI is InChI=1S/C13H17BrFNO2/c1-8(7-18-3)4-13(17)16-12-6-11(15)10(14)5-9(12)2/h5-6,8H,4,7H2,1-3H3,(H,16,17). The summed E-state index contributed by atoms with van der Waals surface area (Å²) in [5, 5.41) is 2.71. The highest BCUT2D eigenvalue weighted by atomic mass is 79.9. The number of hydrogen-bond donors (Lipinski definition) is 1. The van der Waals surface area contributed by atoms with Crippen molar-refractivity contribution < 1.29 is 13.9 Å². The second-order valence-electron chi connectivity index (χ2n) is 4.39. The van der Waals surface area contributed by atoms with Gasteiger partial charge in [0.25, 0.3) is 0 Å². The molecule has 1 aromatic carbocycles. The largest absolute Gasteiger partial charge is 0.384 e. The summed E-state index contributed by atoms with van der Waals surface area (Å²) >= 11 is 3.10. The average Bonchev–Trinajstić information content (AvgIpc) is 2.26. The van der Waals surface area contributed by atoms with Crippen LogP contribution in [0.5, 0.6) is 0 Å². The molecule has 5 heteroatoms. The topological polar surface area (TPSA) is 38.3 Å². The van der Waals surface area contributed by atoms with Gasteiger partial charge in [0, 0.05) is 25.8 Å². The van der Waals surface area contributed by atoms with Crippen LogP contribution in [0.3, 0.4) is 0 Å². The molecular formula is C13H17BrFNO2. The van der Waals surface area contributed by atoms with Crippen LogP contribution in [-0.4, -0.2) is 19.6 Å². The smallest absolute Gasteiger partial charge is 0.224 e. The Balaban J connectivity index is 2.67. The van der Waals surface area contributed by atoms with Gasteiger partial charge in [0.05, 0.1) is 4.47 Å². The molecule has 100 valence electrons. The number of hydrogen-bond acceptors (Lipinski definition) is 2. The van der Waals surface area contributed by atoms with Crippen molar-refractivity contribution in [3.05, 3.63) is 28.0 Å². The molecular weight excluding hydrogens is 301 g/mol. The molecule has 18 heavy (non-hydrogen) atoms. The lowest BCUT2D eigenvalue weighted by Gasteiger charge is -2.12. The third-order valence-electron chi connectivity index (χ3n) is 2.53. The Morgan fingerprint density at radius 2 is 2.22 bits per heavy atom. The lowest BCUT2D eigenvalue weighted by molar-refractivity contribution is -0.117. The summed E-state index contributed by atoms with van der Waals surface area (Å²) in [7, 11) is 1.60. The van der Waals surface area contributed by atoms with Crippen molar-refractivity contribution in [1.29, 1.82) is 0 Å². The number of methoxy groups -OCH3 is 1. The maximum atomic E-state index is 13.4. The van der Waals surface area contributed by atoms with Gasteiger partial charge in [-0.3, -0.25) is 4.79 Å². The van der Waals surface area contributed by atoms with Gasteiger partial charge in [-0.25, -0.2) is 4.39 Å². The minimum Gasteiger partial charge on any atom is -0.384 e. The zero-order valence-corrected chi connectivity index (χ0v) is 12.3. The normalized spacial score (nSPS) is 12.3.